The molecule has 0 unspecified atom stereocenters. The Hall–Kier alpha value is -3.21. The summed E-state index contributed by atoms with van der Waals surface area (Å²) in [5.41, 5.74) is 3.39. The van der Waals surface area contributed by atoms with E-state index in [2.05, 4.69) is 67.7 Å². The number of esters is 1. The van der Waals surface area contributed by atoms with Crippen molar-refractivity contribution in [3.63, 3.8) is 0 Å². The first-order valence-electron chi connectivity index (χ1n) is 13.0. The molecule has 0 fully saturated rings. The van der Waals surface area contributed by atoms with E-state index in [4.69, 9.17) is 9.47 Å². The van der Waals surface area contributed by atoms with Crippen molar-refractivity contribution in [1.82, 2.24) is 5.32 Å². The second-order valence-electron chi connectivity index (χ2n) is 9.14. The highest BCUT2D eigenvalue weighted by Gasteiger charge is 2.24. The van der Waals surface area contributed by atoms with Crippen LogP contribution in [0.1, 0.15) is 55.8 Å². The van der Waals surface area contributed by atoms with Gasteiger partial charge in [-0.15, -0.1) is 0 Å². The highest BCUT2D eigenvalue weighted by atomic mass is 16.5. The van der Waals surface area contributed by atoms with Gasteiger partial charge in [-0.3, -0.25) is 10.1 Å². The van der Waals surface area contributed by atoms with Crippen LogP contribution in [0.5, 0.6) is 0 Å². The fraction of sp³-hybridized carbons (Fsp3) is 0.344. The lowest BCUT2D eigenvalue weighted by atomic mass is 9.97. The summed E-state index contributed by atoms with van der Waals surface area (Å²) in [6.07, 6.45) is 6.60. The molecule has 4 nitrogen and oxygen atoms in total. The van der Waals surface area contributed by atoms with Gasteiger partial charge in [-0.25, -0.2) is 0 Å². The zero-order chi connectivity index (χ0) is 25.4. The smallest absolute Gasteiger partial charge is 0.323 e. The van der Waals surface area contributed by atoms with E-state index in [1.54, 1.807) is 0 Å². The third-order valence-electron chi connectivity index (χ3n) is 5.99. The van der Waals surface area contributed by atoms with Crippen LogP contribution in [0.15, 0.2) is 103 Å². The Morgan fingerprint density at radius 2 is 1.47 bits per heavy atom. The molecule has 2 atom stereocenters. The lowest BCUT2D eigenvalue weighted by Gasteiger charge is -2.25. The molecule has 0 saturated heterocycles. The lowest BCUT2D eigenvalue weighted by molar-refractivity contribution is -0.146. The molecule has 0 aliphatic heterocycles. The molecule has 0 saturated carbocycles. The van der Waals surface area contributed by atoms with E-state index >= 15 is 0 Å². The molecule has 0 spiro atoms. The van der Waals surface area contributed by atoms with Gasteiger partial charge < -0.3 is 9.47 Å². The maximum atomic E-state index is 13.1. The predicted octanol–water partition coefficient (Wildman–Crippen LogP) is 6.88. The topological polar surface area (TPSA) is 47.6 Å². The third-order valence-corrected chi connectivity index (χ3v) is 5.99. The number of nitrogens with one attached hydrogen (secondary N) is 1. The van der Waals surface area contributed by atoms with E-state index in [0.717, 1.165) is 24.0 Å². The first kappa shape index (κ1) is 27.4. The molecule has 4 heteroatoms. The fourth-order valence-corrected chi connectivity index (χ4v) is 3.97. The van der Waals surface area contributed by atoms with Crippen LogP contribution in [0.3, 0.4) is 0 Å². The minimum Gasteiger partial charge on any atom is -0.465 e. The fourth-order valence-electron chi connectivity index (χ4n) is 3.97. The van der Waals surface area contributed by atoms with Gasteiger partial charge in [0, 0.05) is 0 Å². The number of ether oxygens (including phenoxy) is 2. The van der Waals surface area contributed by atoms with Crippen molar-refractivity contribution in [3.05, 3.63) is 120 Å². The zero-order valence-electron chi connectivity index (χ0n) is 21.5. The molecule has 0 aromatic heterocycles. The summed E-state index contributed by atoms with van der Waals surface area (Å²) in [6.45, 7) is 5.89. The highest BCUT2D eigenvalue weighted by Crippen LogP contribution is 2.23. The van der Waals surface area contributed by atoms with E-state index in [9.17, 15) is 4.79 Å². The third kappa shape index (κ3) is 9.44. The highest BCUT2D eigenvalue weighted by molar-refractivity contribution is 5.76. The number of hydrogen-bond donors (Lipinski definition) is 1. The number of carbonyl (C=O) groups excluding carboxylic acids is 1. The summed E-state index contributed by atoms with van der Waals surface area (Å²) >= 11 is 0. The van der Waals surface area contributed by atoms with Gasteiger partial charge in [-0.1, -0.05) is 123 Å². The molecule has 190 valence electrons. The SMILES string of the molecule is CCCCOC(=O)[C@H](C/C=C/[C@@H](C)COCc1ccccc1)NC(c1ccccc1)c1ccccc1. The number of benzene rings is 3. The Balaban J connectivity index is 1.65. The molecule has 3 aromatic rings. The van der Waals surface area contributed by atoms with Gasteiger partial charge in [0.25, 0.3) is 0 Å². The number of hydrogen-bond acceptors (Lipinski definition) is 4. The molecule has 1 N–H and O–H groups in total. The summed E-state index contributed by atoms with van der Waals surface area (Å²) in [7, 11) is 0. The summed E-state index contributed by atoms with van der Waals surface area (Å²) in [6, 6.07) is 30.1. The second kappa shape index (κ2) is 15.7. The van der Waals surface area contributed by atoms with E-state index in [-0.39, 0.29) is 17.9 Å². The Bertz CT molecular complexity index is 982. The molecule has 0 heterocycles. The molecular weight excluding hydrogens is 446 g/mol. The standard InChI is InChI=1S/C32H39NO3/c1-3-4-23-36-32(34)30(22-14-15-26(2)24-35-25-27-16-8-5-9-17-27)33-31(28-18-10-6-11-19-28)29-20-12-7-13-21-29/h5-21,26,30-31,33H,3-4,22-25H2,1-2H3/b15-14+/t26-,30+/m1/s1. The van der Waals surface area contributed by atoms with Crippen molar-refractivity contribution < 1.29 is 14.3 Å². The van der Waals surface area contributed by atoms with Crippen LogP contribution in [0, 0.1) is 5.92 Å². The van der Waals surface area contributed by atoms with Crippen LogP contribution in [0.4, 0.5) is 0 Å². The minimum absolute atomic E-state index is 0.115. The van der Waals surface area contributed by atoms with Crippen LogP contribution < -0.4 is 5.32 Å². The Labute approximate surface area is 216 Å². The van der Waals surface area contributed by atoms with E-state index < -0.39 is 6.04 Å². The van der Waals surface area contributed by atoms with Crippen LogP contribution in [0.25, 0.3) is 0 Å². The summed E-state index contributed by atoms with van der Waals surface area (Å²) in [5.74, 6) is 0.0301. The Kier molecular flexibility index (Phi) is 12.0. The number of unbranched alkanes of at least 4 members (excludes halogenated alkanes) is 1. The zero-order valence-corrected chi connectivity index (χ0v) is 21.5. The average molecular weight is 486 g/mol. The van der Waals surface area contributed by atoms with Crippen molar-refractivity contribution in [2.24, 2.45) is 5.92 Å². The van der Waals surface area contributed by atoms with Crippen LogP contribution in [-0.4, -0.2) is 25.2 Å². The molecule has 0 aliphatic rings. The van der Waals surface area contributed by atoms with E-state index in [1.807, 2.05) is 54.6 Å². The van der Waals surface area contributed by atoms with Gasteiger partial charge in [0.15, 0.2) is 0 Å². The first-order valence-corrected chi connectivity index (χ1v) is 13.0. The molecule has 0 bridgehead atoms. The van der Waals surface area contributed by atoms with Crippen LogP contribution >= 0.6 is 0 Å². The number of carbonyl (C=O) groups is 1. The quantitative estimate of drug-likeness (QED) is 0.145. The summed E-state index contributed by atoms with van der Waals surface area (Å²) < 4.78 is 11.5. The molecule has 0 radical (unpaired) electrons. The van der Waals surface area contributed by atoms with Crippen LogP contribution in [0.2, 0.25) is 0 Å². The average Bonchev–Trinajstić information content (AvgIpc) is 2.92. The Morgan fingerprint density at radius 1 is 0.889 bits per heavy atom. The molecular formula is C32H39NO3. The predicted molar refractivity (Wildman–Crippen MR) is 147 cm³/mol. The minimum atomic E-state index is -0.457. The van der Waals surface area contributed by atoms with Gasteiger partial charge in [-0.2, -0.15) is 0 Å². The summed E-state index contributed by atoms with van der Waals surface area (Å²) in [4.78, 5) is 13.1. The van der Waals surface area contributed by atoms with E-state index in [0.29, 0.717) is 26.2 Å². The Morgan fingerprint density at radius 3 is 2.06 bits per heavy atom. The lowest BCUT2D eigenvalue weighted by Crippen LogP contribution is -2.40. The molecule has 0 amide bonds. The molecule has 3 aromatic carbocycles. The molecule has 3 rings (SSSR count). The van der Waals surface area contributed by atoms with Crippen molar-refractivity contribution in [2.45, 2.75) is 51.8 Å². The second-order valence-corrected chi connectivity index (χ2v) is 9.14. The van der Waals surface area contributed by atoms with Crippen LogP contribution in [-0.2, 0) is 20.9 Å². The maximum Gasteiger partial charge on any atom is 0.323 e. The number of rotatable bonds is 15. The van der Waals surface area contributed by atoms with Crippen molar-refractivity contribution in [2.75, 3.05) is 13.2 Å². The van der Waals surface area contributed by atoms with Crippen molar-refractivity contribution in [3.8, 4) is 0 Å². The monoisotopic (exact) mass is 485 g/mol. The van der Waals surface area contributed by atoms with Gasteiger partial charge in [0.1, 0.15) is 6.04 Å². The normalized spacial score (nSPS) is 13.1. The van der Waals surface area contributed by atoms with E-state index in [1.165, 1.54) is 5.56 Å². The van der Waals surface area contributed by atoms with Gasteiger partial charge >= 0.3 is 5.97 Å². The summed E-state index contributed by atoms with van der Waals surface area (Å²) in [5, 5.41) is 3.59. The maximum absolute atomic E-state index is 13.1. The largest absolute Gasteiger partial charge is 0.465 e. The van der Waals surface area contributed by atoms with Crippen molar-refractivity contribution in [1.29, 1.82) is 0 Å². The first-order chi connectivity index (χ1) is 17.7. The van der Waals surface area contributed by atoms with Crippen molar-refractivity contribution >= 4 is 5.97 Å². The van der Waals surface area contributed by atoms with Gasteiger partial charge in [0.05, 0.1) is 25.9 Å². The van der Waals surface area contributed by atoms with Gasteiger partial charge in [-0.05, 0) is 35.4 Å². The molecule has 0 aliphatic carbocycles. The molecule has 36 heavy (non-hydrogen) atoms. The van der Waals surface area contributed by atoms with Gasteiger partial charge in [0.2, 0.25) is 0 Å².